The minimum absolute atomic E-state index is 0. The van der Waals surface area contributed by atoms with Crippen LogP contribution in [0.25, 0.3) is 0 Å². The van der Waals surface area contributed by atoms with Crippen molar-refractivity contribution in [2.24, 2.45) is 0 Å². The Morgan fingerprint density at radius 3 is 0.792 bits per heavy atom. The Hall–Kier alpha value is -0.0588. The average Bonchev–Trinajstić information content (AvgIpc) is 2.09. The van der Waals surface area contributed by atoms with Crippen molar-refractivity contribution < 1.29 is 61.6 Å². The van der Waals surface area contributed by atoms with E-state index in [4.69, 9.17) is 5.11 Å². The van der Waals surface area contributed by atoms with Gasteiger partial charge in [-0.25, -0.2) is 0 Å². The fourth-order valence-electron chi connectivity index (χ4n) is 0.428. The molecule has 0 radical (unpaired) electrons. The standard InChI is InChI=1S/C6H6O.3BF4.FH.K.H/c7-6-4-2-1-3-5-6;3*2-1(3,4)5;;;/h1-5,7H;;;;1H;;/q;3*-1;;;. The zero-order valence-electron chi connectivity index (χ0n) is 10.5. The molecule has 24 heavy (non-hydrogen) atoms. The summed E-state index contributed by atoms with van der Waals surface area (Å²) in [5.41, 5.74) is 0. The summed E-state index contributed by atoms with van der Waals surface area (Å²) in [6.07, 6.45) is 0. The molecule has 1 N–H and O–H groups in total. The second-order valence-corrected chi connectivity index (χ2v) is 2.82. The van der Waals surface area contributed by atoms with Crippen LogP contribution in [0.15, 0.2) is 30.3 Å². The zero-order chi connectivity index (χ0) is 18.6. The molecule has 0 aromatic heterocycles. The Kier molecular flexibility index (Phi) is 24.0. The monoisotopic (exact) mass is 415 g/mol. The molecule has 18 heteroatoms. The average molecular weight is 415 g/mol. The van der Waals surface area contributed by atoms with Crippen LogP contribution in [0.2, 0.25) is 0 Å². The molecule has 0 saturated carbocycles. The Labute approximate surface area is 169 Å². The van der Waals surface area contributed by atoms with E-state index in [-0.39, 0.29) is 56.1 Å². The summed E-state index contributed by atoms with van der Waals surface area (Å²) in [6.45, 7) is 0. The van der Waals surface area contributed by atoms with E-state index in [0.717, 1.165) is 0 Å². The third-order valence-corrected chi connectivity index (χ3v) is 0.756. The number of para-hydroxylation sites is 1. The number of halogens is 13. The van der Waals surface area contributed by atoms with Crippen LogP contribution in [-0.2, 0) is 0 Å². The normalized spacial score (nSPS) is 10.0. The third-order valence-electron chi connectivity index (χ3n) is 0.756. The van der Waals surface area contributed by atoms with E-state index in [1.165, 1.54) is 0 Å². The van der Waals surface area contributed by atoms with Crippen molar-refractivity contribution in [2.75, 3.05) is 0 Å². The Morgan fingerprint density at radius 2 is 0.708 bits per heavy atom. The Balaban J connectivity index is -0.0000000661. The van der Waals surface area contributed by atoms with Crippen molar-refractivity contribution in [3.05, 3.63) is 30.3 Å². The van der Waals surface area contributed by atoms with Crippen LogP contribution in [0, 0.1) is 0 Å². The van der Waals surface area contributed by atoms with E-state index >= 15 is 0 Å². The summed E-state index contributed by atoms with van der Waals surface area (Å²) in [7, 11) is -18.0. The molecule has 0 atom stereocenters. The minimum atomic E-state index is -6.00. The molecule has 1 aromatic rings. The molecular formula is C6H8B3F13KO-3. The van der Waals surface area contributed by atoms with Gasteiger partial charge in [-0.1, -0.05) is 18.2 Å². The van der Waals surface area contributed by atoms with E-state index in [1.54, 1.807) is 24.3 Å². The van der Waals surface area contributed by atoms with Crippen LogP contribution < -0.4 is 0 Å². The van der Waals surface area contributed by atoms with Gasteiger partial charge in [-0.2, -0.15) is 0 Å². The van der Waals surface area contributed by atoms with E-state index in [9.17, 15) is 51.8 Å². The van der Waals surface area contributed by atoms with E-state index in [1.807, 2.05) is 6.07 Å². The number of benzene rings is 1. The van der Waals surface area contributed by atoms with Gasteiger partial charge in [0.1, 0.15) is 5.75 Å². The molecule has 0 aliphatic heterocycles. The summed E-state index contributed by atoms with van der Waals surface area (Å²) in [5, 5.41) is 8.63. The van der Waals surface area contributed by atoms with Crippen molar-refractivity contribution in [3.8, 4) is 5.75 Å². The van der Waals surface area contributed by atoms with Gasteiger partial charge < -0.3 is 56.9 Å². The predicted octanol–water partition coefficient (Wildman–Crippen LogP) is 4.80. The number of phenols is 1. The molecule has 0 saturated heterocycles. The molecular weight excluding hydrogens is 407 g/mol. The van der Waals surface area contributed by atoms with Gasteiger partial charge in [0.2, 0.25) is 0 Å². The van der Waals surface area contributed by atoms with Gasteiger partial charge in [-0.3, -0.25) is 4.70 Å². The number of rotatable bonds is 0. The maximum absolute atomic E-state index is 9.75. The van der Waals surface area contributed by atoms with Gasteiger partial charge in [0.25, 0.3) is 0 Å². The van der Waals surface area contributed by atoms with E-state index < -0.39 is 21.8 Å². The fourth-order valence-corrected chi connectivity index (χ4v) is 0.428. The second kappa shape index (κ2) is 16.4. The molecule has 0 amide bonds. The summed E-state index contributed by atoms with van der Waals surface area (Å²) in [6, 6.07) is 8.71. The van der Waals surface area contributed by atoms with Gasteiger partial charge >= 0.3 is 73.1 Å². The molecule has 0 aliphatic carbocycles. The Morgan fingerprint density at radius 1 is 0.542 bits per heavy atom. The molecule has 0 aliphatic rings. The third kappa shape index (κ3) is 153. The summed E-state index contributed by atoms with van der Waals surface area (Å²) in [4.78, 5) is 0. The van der Waals surface area contributed by atoms with Crippen LogP contribution in [-0.4, -0.2) is 78.3 Å². The summed E-state index contributed by atoms with van der Waals surface area (Å²) < 4.78 is 117. The van der Waals surface area contributed by atoms with Gasteiger partial charge in [0.15, 0.2) is 0 Å². The number of aromatic hydroxyl groups is 1. The fraction of sp³-hybridized carbons (Fsp3) is 0. The molecule has 0 bridgehead atoms. The van der Waals surface area contributed by atoms with Crippen LogP contribution >= 0.6 is 0 Å². The molecule has 0 unspecified atom stereocenters. The van der Waals surface area contributed by atoms with Gasteiger partial charge in [0, 0.05) is 0 Å². The first kappa shape index (κ1) is 35.1. The maximum atomic E-state index is 9.75. The van der Waals surface area contributed by atoms with Crippen LogP contribution in [0.4, 0.5) is 56.5 Å². The van der Waals surface area contributed by atoms with Crippen molar-refractivity contribution in [1.29, 1.82) is 0 Å². The van der Waals surface area contributed by atoms with E-state index in [2.05, 4.69) is 0 Å². The first-order valence-corrected chi connectivity index (χ1v) is 4.75. The molecule has 0 fully saturated rings. The predicted molar refractivity (Wildman–Crippen MR) is 68.3 cm³/mol. The van der Waals surface area contributed by atoms with Gasteiger partial charge in [0.05, 0.1) is 0 Å². The first-order valence-electron chi connectivity index (χ1n) is 4.75. The van der Waals surface area contributed by atoms with Crippen LogP contribution in [0.3, 0.4) is 0 Å². The van der Waals surface area contributed by atoms with Gasteiger partial charge in [-0.15, -0.1) is 0 Å². The number of hydrogen-bond acceptors (Lipinski definition) is 1. The molecule has 0 spiro atoms. The quantitative estimate of drug-likeness (QED) is 0.478. The van der Waals surface area contributed by atoms with Crippen LogP contribution in [0.5, 0.6) is 5.75 Å². The molecule has 142 valence electrons. The first-order chi connectivity index (χ1) is 9.39. The molecule has 0 heterocycles. The van der Waals surface area contributed by atoms with E-state index in [0.29, 0.717) is 5.75 Å². The topological polar surface area (TPSA) is 20.2 Å². The molecule has 1 rings (SSSR count). The van der Waals surface area contributed by atoms with Crippen molar-refractivity contribution >= 4 is 73.1 Å². The SMILES string of the molecule is F.F[B-](F)(F)F.F[B-](F)(F)F.F[B-](F)(F)F.Oc1ccccc1.[KH]. The number of hydrogen-bond donors (Lipinski definition) is 1. The second-order valence-electron chi connectivity index (χ2n) is 2.82. The zero-order valence-corrected chi connectivity index (χ0v) is 10.5. The molecule has 1 nitrogen and oxygen atoms in total. The van der Waals surface area contributed by atoms with Crippen molar-refractivity contribution in [3.63, 3.8) is 0 Å². The van der Waals surface area contributed by atoms with Crippen molar-refractivity contribution in [2.45, 2.75) is 0 Å². The summed E-state index contributed by atoms with van der Waals surface area (Å²) in [5.74, 6) is 0.322. The van der Waals surface area contributed by atoms with Crippen molar-refractivity contribution in [1.82, 2.24) is 0 Å². The molecule has 1 aromatic carbocycles. The Bertz CT molecular complexity index is 320. The summed E-state index contributed by atoms with van der Waals surface area (Å²) >= 11 is 0. The van der Waals surface area contributed by atoms with Crippen LogP contribution in [0.1, 0.15) is 0 Å². The van der Waals surface area contributed by atoms with Gasteiger partial charge in [-0.05, 0) is 12.1 Å². The number of phenolic OH excluding ortho intramolecular Hbond substituents is 1.